The first-order valence-electron chi connectivity index (χ1n) is 6.02. The van der Waals surface area contributed by atoms with Crippen LogP contribution in [0.3, 0.4) is 0 Å². The van der Waals surface area contributed by atoms with Gasteiger partial charge in [0.2, 0.25) is 0 Å². The average Bonchev–Trinajstić information content (AvgIpc) is 2.40. The molecule has 0 bridgehead atoms. The quantitative estimate of drug-likeness (QED) is 0.504. The molecule has 0 aliphatic rings. The second kappa shape index (κ2) is 6.73. The van der Waals surface area contributed by atoms with Crippen molar-refractivity contribution in [2.75, 3.05) is 18.1 Å². The Balaban J connectivity index is 1.80. The van der Waals surface area contributed by atoms with Gasteiger partial charge in [-0.05, 0) is 37.3 Å². The molecule has 2 aromatic carbocycles. The van der Waals surface area contributed by atoms with E-state index in [1.54, 1.807) is 17.8 Å². The number of rotatable bonds is 5. The van der Waals surface area contributed by atoms with Gasteiger partial charge in [-0.3, -0.25) is 0 Å². The second-order valence-electron chi connectivity index (χ2n) is 4.19. The molecule has 4 heteroatoms. The number of hydrogen-bond acceptors (Lipinski definition) is 3. The van der Waals surface area contributed by atoms with Crippen molar-refractivity contribution in [2.45, 2.75) is 11.8 Å². The predicted molar refractivity (Wildman–Crippen MR) is 83.3 cm³/mol. The molecule has 0 saturated heterocycles. The second-order valence-corrected chi connectivity index (χ2v) is 5.77. The lowest BCUT2D eigenvalue weighted by Crippen LogP contribution is -2.00. The van der Waals surface area contributed by atoms with Gasteiger partial charge in [0, 0.05) is 21.4 Å². The van der Waals surface area contributed by atoms with E-state index in [0.717, 1.165) is 22.1 Å². The summed E-state index contributed by atoms with van der Waals surface area (Å²) in [6.07, 6.45) is 0. The normalized spacial score (nSPS) is 10.4. The number of thioether (sulfide) groups is 1. The van der Waals surface area contributed by atoms with Gasteiger partial charge >= 0.3 is 0 Å². The maximum atomic E-state index is 5.94. The van der Waals surface area contributed by atoms with Crippen molar-refractivity contribution in [1.82, 2.24) is 0 Å². The van der Waals surface area contributed by atoms with E-state index in [4.69, 9.17) is 22.1 Å². The summed E-state index contributed by atoms with van der Waals surface area (Å²) >= 11 is 7.59. The molecule has 0 aromatic heterocycles. The lowest BCUT2D eigenvalue weighted by Gasteiger charge is -2.08. The van der Waals surface area contributed by atoms with Crippen molar-refractivity contribution in [3.05, 3.63) is 53.1 Å². The number of ether oxygens (including phenoxy) is 1. The Morgan fingerprint density at radius 1 is 1.16 bits per heavy atom. The fraction of sp³-hybridized carbons (Fsp3) is 0.200. The highest BCUT2D eigenvalue weighted by Gasteiger charge is 2.01. The van der Waals surface area contributed by atoms with Crippen LogP contribution < -0.4 is 10.5 Å². The van der Waals surface area contributed by atoms with Crippen LogP contribution in [0.5, 0.6) is 5.75 Å². The van der Waals surface area contributed by atoms with Crippen LogP contribution in [0.4, 0.5) is 5.69 Å². The first-order valence-corrected chi connectivity index (χ1v) is 7.39. The summed E-state index contributed by atoms with van der Waals surface area (Å²) in [6, 6.07) is 13.5. The topological polar surface area (TPSA) is 35.2 Å². The van der Waals surface area contributed by atoms with E-state index < -0.39 is 0 Å². The molecule has 0 spiro atoms. The molecule has 0 aliphatic heterocycles. The zero-order chi connectivity index (χ0) is 13.7. The van der Waals surface area contributed by atoms with Gasteiger partial charge in [0.25, 0.3) is 0 Å². The fourth-order valence-electron chi connectivity index (χ4n) is 1.58. The minimum atomic E-state index is 0.639. The third-order valence-corrected chi connectivity index (χ3v) is 3.88. The molecule has 0 unspecified atom stereocenters. The number of anilines is 1. The number of aryl methyl sites for hydroxylation is 1. The SMILES string of the molecule is Cc1ccc(OCCSc2cc(Cl)ccc2N)cc1. The van der Waals surface area contributed by atoms with E-state index in [-0.39, 0.29) is 0 Å². The molecule has 0 aliphatic carbocycles. The van der Waals surface area contributed by atoms with Gasteiger partial charge in [0.15, 0.2) is 0 Å². The Labute approximate surface area is 122 Å². The van der Waals surface area contributed by atoms with Gasteiger partial charge in [0.1, 0.15) is 5.75 Å². The summed E-state index contributed by atoms with van der Waals surface area (Å²) in [5, 5.41) is 0.705. The van der Waals surface area contributed by atoms with Crippen LogP contribution >= 0.6 is 23.4 Å². The van der Waals surface area contributed by atoms with Crippen molar-refractivity contribution in [3.8, 4) is 5.75 Å². The van der Waals surface area contributed by atoms with E-state index in [2.05, 4.69) is 6.92 Å². The van der Waals surface area contributed by atoms with E-state index in [0.29, 0.717) is 11.6 Å². The number of nitrogens with two attached hydrogens (primary N) is 1. The number of nitrogen functional groups attached to an aromatic ring is 1. The molecule has 2 nitrogen and oxygen atoms in total. The van der Waals surface area contributed by atoms with Crippen molar-refractivity contribution in [1.29, 1.82) is 0 Å². The summed E-state index contributed by atoms with van der Waals surface area (Å²) in [5.41, 5.74) is 7.86. The van der Waals surface area contributed by atoms with Crippen LogP contribution in [-0.2, 0) is 0 Å². The highest BCUT2D eigenvalue weighted by atomic mass is 35.5. The Bertz CT molecular complexity index is 542. The summed E-state index contributed by atoms with van der Waals surface area (Å²) < 4.78 is 5.66. The van der Waals surface area contributed by atoms with Gasteiger partial charge < -0.3 is 10.5 Å². The van der Waals surface area contributed by atoms with Crippen LogP contribution in [0.15, 0.2) is 47.4 Å². The molecular formula is C15H16ClNOS. The first-order chi connectivity index (χ1) is 9.15. The van der Waals surface area contributed by atoms with Gasteiger partial charge in [-0.1, -0.05) is 29.3 Å². The molecule has 19 heavy (non-hydrogen) atoms. The van der Waals surface area contributed by atoms with E-state index >= 15 is 0 Å². The monoisotopic (exact) mass is 293 g/mol. The van der Waals surface area contributed by atoms with Crippen molar-refractivity contribution in [2.24, 2.45) is 0 Å². The Morgan fingerprint density at radius 3 is 2.63 bits per heavy atom. The van der Waals surface area contributed by atoms with Gasteiger partial charge in [-0.2, -0.15) is 0 Å². The molecule has 0 heterocycles. The molecule has 2 rings (SSSR count). The highest BCUT2D eigenvalue weighted by Crippen LogP contribution is 2.27. The first kappa shape index (κ1) is 14.1. The van der Waals surface area contributed by atoms with E-state index in [9.17, 15) is 0 Å². The Kier molecular flexibility index (Phi) is 5.00. The van der Waals surface area contributed by atoms with Crippen molar-refractivity contribution in [3.63, 3.8) is 0 Å². The van der Waals surface area contributed by atoms with Crippen LogP contribution in [0.2, 0.25) is 5.02 Å². The van der Waals surface area contributed by atoms with Gasteiger partial charge in [-0.15, -0.1) is 11.8 Å². The van der Waals surface area contributed by atoms with Crippen LogP contribution in [0, 0.1) is 6.92 Å². The molecule has 2 aromatic rings. The summed E-state index contributed by atoms with van der Waals surface area (Å²) in [4.78, 5) is 1.00. The summed E-state index contributed by atoms with van der Waals surface area (Å²) in [7, 11) is 0. The van der Waals surface area contributed by atoms with Gasteiger partial charge in [-0.25, -0.2) is 0 Å². The molecular weight excluding hydrogens is 278 g/mol. The van der Waals surface area contributed by atoms with Crippen molar-refractivity contribution < 1.29 is 4.74 Å². The third-order valence-electron chi connectivity index (χ3n) is 2.61. The Hall–Kier alpha value is -1.32. The average molecular weight is 294 g/mol. The molecule has 0 atom stereocenters. The molecule has 0 radical (unpaired) electrons. The molecule has 0 amide bonds. The summed E-state index contributed by atoms with van der Waals surface area (Å²) in [5.74, 6) is 1.73. The fourth-order valence-corrected chi connectivity index (χ4v) is 2.65. The zero-order valence-electron chi connectivity index (χ0n) is 10.7. The van der Waals surface area contributed by atoms with E-state index in [1.165, 1.54) is 5.56 Å². The molecule has 2 N–H and O–H groups in total. The maximum Gasteiger partial charge on any atom is 0.119 e. The van der Waals surface area contributed by atoms with E-state index in [1.807, 2.05) is 36.4 Å². The van der Waals surface area contributed by atoms with Crippen LogP contribution in [0.25, 0.3) is 0 Å². The standard InChI is InChI=1S/C15H16ClNOS/c1-11-2-5-13(6-3-11)18-8-9-19-15-10-12(16)4-7-14(15)17/h2-7,10H,8-9,17H2,1H3. The molecule has 100 valence electrons. The predicted octanol–water partition coefficient (Wildman–Crippen LogP) is 4.40. The Morgan fingerprint density at radius 2 is 1.89 bits per heavy atom. The van der Waals surface area contributed by atoms with Crippen molar-refractivity contribution >= 4 is 29.1 Å². The van der Waals surface area contributed by atoms with Gasteiger partial charge in [0.05, 0.1) is 6.61 Å². The highest BCUT2D eigenvalue weighted by molar-refractivity contribution is 7.99. The third kappa shape index (κ3) is 4.37. The van der Waals surface area contributed by atoms with Crippen LogP contribution in [-0.4, -0.2) is 12.4 Å². The minimum absolute atomic E-state index is 0.639. The lowest BCUT2D eigenvalue weighted by molar-refractivity contribution is 0.344. The minimum Gasteiger partial charge on any atom is -0.493 e. The van der Waals surface area contributed by atoms with Crippen LogP contribution in [0.1, 0.15) is 5.56 Å². The smallest absolute Gasteiger partial charge is 0.119 e. The molecule has 0 fully saturated rings. The molecule has 0 saturated carbocycles. The zero-order valence-corrected chi connectivity index (χ0v) is 12.3. The largest absolute Gasteiger partial charge is 0.493 e. The number of hydrogen-bond donors (Lipinski definition) is 1. The maximum absolute atomic E-state index is 5.94. The lowest BCUT2D eigenvalue weighted by atomic mass is 10.2. The number of benzene rings is 2. The summed E-state index contributed by atoms with van der Waals surface area (Å²) in [6.45, 7) is 2.70. The number of halogens is 1.